The lowest BCUT2D eigenvalue weighted by atomic mass is 9.80. The highest BCUT2D eigenvalue weighted by Gasteiger charge is 2.49. The Bertz CT molecular complexity index is 1410. The van der Waals surface area contributed by atoms with E-state index in [0.29, 0.717) is 58.7 Å². The van der Waals surface area contributed by atoms with E-state index in [-0.39, 0.29) is 65.3 Å². The van der Waals surface area contributed by atoms with Gasteiger partial charge in [-0.25, -0.2) is 0 Å². The van der Waals surface area contributed by atoms with Gasteiger partial charge in [0.25, 0.3) is 0 Å². The number of hydrogen-bond donors (Lipinski definition) is 2. The molecule has 2 unspecified atom stereocenters. The van der Waals surface area contributed by atoms with Crippen molar-refractivity contribution >= 4 is 23.7 Å². The van der Waals surface area contributed by atoms with Crippen LogP contribution in [0.1, 0.15) is 135 Å². The van der Waals surface area contributed by atoms with Crippen LogP contribution in [0.15, 0.2) is 0 Å². The van der Waals surface area contributed by atoms with Crippen LogP contribution in [0.2, 0.25) is 0 Å². The Labute approximate surface area is 347 Å². The van der Waals surface area contributed by atoms with Crippen LogP contribution in [0.5, 0.6) is 0 Å². The fourth-order valence-corrected chi connectivity index (χ4v) is 9.65. The molecule has 14 nitrogen and oxygen atoms in total. The zero-order chi connectivity index (χ0) is 43.5. The first kappa shape index (κ1) is 48.5. The highest BCUT2D eigenvalue weighted by atomic mass is 16.7. The fourth-order valence-electron chi connectivity index (χ4n) is 9.65. The minimum absolute atomic E-state index is 0.0531. The van der Waals surface area contributed by atoms with Gasteiger partial charge in [0.15, 0.2) is 12.6 Å². The van der Waals surface area contributed by atoms with Gasteiger partial charge in [-0.2, -0.15) is 0 Å². The molecule has 1 spiro atoms. The van der Waals surface area contributed by atoms with Crippen molar-refractivity contribution in [3.63, 3.8) is 0 Å². The molecule has 4 aliphatic rings. The standard InChI is InChI=1S/C44H76N2O12/c1-28(47)15-29(34(49)57-31-18-40(6,7)45-41(8,9)19-31)16-30(35(50)58-32-20-42(10,11)46-43(12,13)21-32)17-33(48)52-23-39(4,5)37-55-26-44(27-56-37)24-53-36(54-25-44)38(2,3)22-51-14/h29-32,36-37,45-46H,15-27H2,1-14H3. The number of carbonyl (C=O) groups is 4. The van der Waals surface area contributed by atoms with Gasteiger partial charge < -0.3 is 53.3 Å². The lowest BCUT2D eigenvalue weighted by molar-refractivity contribution is -0.337. The predicted octanol–water partition coefficient (Wildman–Crippen LogP) is 5.66. The number of methoxy groups -OCH3 is 1. The van der Waals surface area contributed by atoms with Crippen molar-refractivity contribution < 1.29 is 57.1 Å². The number of rotatable bonds is 16. The van der Waals surface area contributed by atoms with Crippen LogP contribution in [0.25, 0.3) is 0 Å². The number of Topliss-reactive ketones (excluding diaryl/α,β-unsaturated/α-hetero) is 1. The summed E-state index contributed by atoms with van der Waals surface area (Å²) in [5, 5.41) is 7.19. The van der Waals surface area contributed by atoms with Crippen molar-refractivity contribution in [2.75, 3.05) is 46.8 Å². The zero-order valence-corrected chi connectivity index (χ0v) is 38.1. The molecule has 0 aromatic heterocycles. The van der Waals surface area contributed by atoms with E-state index in [9.17, 15) is 19.2 Å². The van der Waals surface area contributed by atoms with Gasteiger partial charge in [-0.15, -0.1) is 0 Å². The van der Waals surface area contributed by atoms with Gasteiger partial charge in [-0.1, -0.05) is 27.7 Å². The van der Waals surface area contributed by atoms with Crippen LogP contribution in [0, 0.1) is 28.1 Å². The van der Waals surface area contributed by atoms with E-state index >= 15 is 0 Å². The normalized spacial score (nSPS) is 28.6. The molecule has 0 aromatic rings. The minimum Gasteiger partial charge on any atom is -0.465 e. The van der Waals surface area contributed by atoms with E-state index in [1.165, 1.54) is 6.92 Å². The molecule has 4 saturated heterocycles. The van der Waals surface area contributed by atoms with Gasteiger partial charge in [-0.3, -0.25) is 14.4 Å². The van der Waals surface area contributed by atoms with Crippen molar-refractivity contribution in [3.05, 3.63) is 0 Å². The second-order valence-electron chi connectivity index (χ2n) is 21.9. The van der Waals surface area contributed by atoms with Crippen LogP contribution in [0.3, 0.4) is 0 Å². The van der Waals surface area contributed by atoms with E-state index in [1.54, 1.807) is 7.11 Å². The molecule has 4 heterocycles. The third-order valence-corrected chi connectivity index (χ3v) is 11.6. The maximum Gasteiger partial charge on any atom is 0.309 e. The molecule has 0 amide bonds. The molecule has 0 aliphatic carbocycles. The number of carbonyl (C=O) groups excluding carboxylic acids is 4. The lowest BCUT2D eigenvalue weighted by Gasteiger charge is -2.48. The molecular weight excluding hydrogens is 748 g/mol. The highest BCUT2D eigenvalue weighted by Crippen LogP contribution is 2.39. The van der Waals surface area contributed by atoms with E-state index in [4.69, 9.17) is 37.9 Å². The van der Waals surface area contributed by atoms with Gasteiger partial charge in [0, 0.05) is 72.2 Å². The van der Waals surface area contributed by atoms with Crippen LogP contribution >= 0.6 is 0 Å². The Morgan fingerprint density at radius 2 is 0.983 bits per heavy atom. The summed E-state index contributed by atoms with van der Waals surface area (Å²) in [5.74, 6) is -4.02. The molecule has 4 rings (SSSR count). The largest absolute Gasteiger partial charge is 0.465 e. The monoisotopic (exact) mass is 825 g/mol. The summed E-state index contributed by atoms with van der Waals surface area (Å²) in [4.78, 5) is 54.2. The Morgan fingerprint density at radius 3 is 1.34 bits per heavy atom. The maximum absolute atomic E-state index is 14.1. The Morgan fingerprint density at radius 1 is 0.621 bits per heavy atom. The first-order valence-electron chi connectivity index (χ1n) is 21.1. The predicted molar refractivity (Wildman–Crippen MR) is 217 cm³/mol. The number of hydrogen-bond acceptors (Lipinski definition) is 14. The van der Waals surface area contributed by atoms with Gasteiger partial charge in [0.05, 0.1) is 56.7 Å². The molecular formula is C44H76N2O12. The molecule has 0 bridgehead atoms. The molecule has 14 heteroatoms. The molecule has 2 atom stereocenters. The van der Waals surface area contributed by atoms with Gasteiger partial charge in [0.2, 0.25) is 0 Å². The molecule has 0 saturated carbocycles. The van der Waals surface area contributed by atoms with Crippen LogP contribution in [-0.2, 0) is 57.1 Å². The SMILES string of the molecule is COCC(C)(C)C1OCC2(CO1)COC(C(C)(C)COC(=O)CC(CC(CC(C)=O)C(=O)OC1CC(C)(C)NC(C)(C)C1)C(=O)OC1CC(C)(C)NC(C)(C)C1)OC2. The highest BCUT2D eigenvalue weighted by molar-refractivity contribution is 5.85. The summed E-state index contributed by atoms with van der Waals surface area (Å²) < 4.78 is 48.1. The number of esters is 3. The molecule has 4 fully saturated rings. The Hall–Kier alpha value is -2.20. The third kappa shape index (κ3) is 13.9. The van der Waals surface area contributed by atoms with Crippen LogP contribution < -0.4 is 10.6 Å². The van der Waals surface area contributed by atoms with E-state index in [2.05, 4.69) is 66.0 Å². The Balaban J connectivity index is 1.43. The smallest absolute Gasteiger partial charge is 0.309 e. The molecule has 2 N–H and O–H groups in total. The Kier molecular flexibility index (Phi) is 15.4. The topological polar surface area (TPSA) is 166 Å². The average Bonchev–Trinajstić information content (AvgIpc) is 3.04. The fraction of sp³-hybridized carbons (Fsp3) is 0.909. The van der Waals surface area contributed by atoms with Crippen LogP contribution in [0.4, 0.5) is 0 Å². The van der Waals surface area contributed by atoms with Gasteiger partial charge >= 0.3 is 17.9 Å². The second-order valence-corrected chi connectivity index (χ2v) is 21.9. The van der Waals surface area contributed by atoms with Gasteiger partial charge in [0.1, 0.15) is 24.6 Å². The van der Waals surface area contributed by atoms with E-state index < -0.39 is 59.3 Å². The summed E-state index contributed by atoms with van der Waals surface area (Å²) in [6, 6.07) is 0. The van der Waals surface area contributed by atoms with Crippen molar-refractivity contribution in [2.24, 2.45) is 28.1 Å². The molecule has 4 aliphatic heterocycles. The molecule has 0 radical (unpaired) electrons. The average molecular weight is 825 g/mol. The minimum atomic E-state index is -1.06. The molecule has 0 aromatic carbocycles. The van der Waals surface area contributed by atoms with Crippen molar-refractivity contribution in [1.29, 1.82) is 0 Å². The number of ether oxygens (including phenoxy) is 8. The number of nitrogens with one attached hydrogen (secondary N) is 2. The summed E-state index contributed by atoms with van der Waals surface area (Å²) in [5.41, 5.74) is -2.69. The zero-order valence-electron chi connectivity index (χ0n) is 38.1. The van der Waals surface area contributed by atoms with E-state index in [1.807, 2.05) is 27.7 Å². The molecule has 58 heavy (non-hydrogen) atoms. The first-order valence-corrected chi connectivity index (χ1v) is 21.1. The summed E-state index contributed by atoms with van der Waals surface area (Å²) >= 11 is 0. The first-order chi connectivity index (χ1) is 26.5. The van der Waals surface area contributed by atoms with Crippen LogP contribution in [-0.4, -0.2) is 117 Å². The summed E-state index contributed by atoms with van der Waals surface area (Å²) in [6.07, 6.45) is -0.139. The lowest BCUT2D eigenvalue weighted by Crippen LogP contribution is -2.60. The summed E-state index contributed by atoms with van der Waals surface area (Å²) in [7, 11) is 1.65. The number of ketones is 1. The molecule has 334 valence electrons. The van der Waals surface area contributed by atoms with Crippen molar-refractivity contribution in [2.45, 2.75) is 182 Å². The van der Waals surface area contributed by atoms with Crippen molar-refractivity contribution in [3.8, 4) is 0 Å². The third-order valence-electron chi connectivity index (χ3n) is 11.6. The maximum atomic E-state index is 14.1. The van der Waals surface area contributed by atoms with E-state index in [0.717, 1.165) is 0 Å². The quantitative estimate of drug-likeness (QED) is 0.145. The van der Waals surface area contributed by atoms with Gasteiger partial charge in [-0.05, 0) is 68.7 Å². The summed E-state index contributed by atoms with van der Waals surface area (Å²) in [6.45, 7) is 27.7. The number of piperidine rings is 2. The van der Waals surface area contributed by atoms with Crippen molar-refractivity contribution in [1.82, 2.24) is 10.6 Å². The second kappa shape index (κ2) is 18.4.